The molecule has 0 bridgehead atoms. The van der Waals surface area contributed by atoms with Crippen molar-refractivity contribution in [3.8, 4) is 0 Å². The van der Waals surface area contributed by atoms with Gasteiger partial charge in [-0.2, -0.15) is 0 Å². The van der Waals surface area contributed by atoms with Crippen molar-refractivity contribution in [2.45, 2.75) is 0 Å². The summed E-state index contributed by atoms with van der Waals surface area (Å²) < 4.78 is 0. The third-order valence-corrected chi connectivity index (χ3v) is 1.99. The van der Waals surface area contributed by atoms with Gasteiger partial charge in [0.05, 0.1) is 0 Å². The second kappa shape index (κ2) is 5.20. The molecule has 76 valence electrons. The molecule has 3 N–H and O–H groups in total. The molecule has 0 aromatic heterocycles. The van der Waals surface area contributed by atoms with Gasteiger partial charge in [0.1, 0.15) is 0 Å². The zero-order chi connectivity index (χ0) is 10.6. The Balaban J connectivity index is 2.79. The van der Waals surface area contributed by atoms with E-state index >= 15 is 0 Å². The molecule has 1 amide bonds. The molecular formula is C9H10Cl2N2O. The number of amides is 1. The summed E-state index contributed by atoms with van der Waals surface area (Å²) in [7, 11) is 0. The van der Waals surface area contributed by atoms with Crippen molar-refractivity contribution >= 4 is 29.1 Å². The van der Waals surface area contributed by atoms with Crippen molar-refractivity contribution < 1.29 is 4.79 Å². The molecule has 0 aliphatic carbocycles. The molecule has 14 heavy (non-hydrogen) atoms. The van der Waals surface area contributed by atoms with Crippen LogP contribution < -0.4 is 11.1 Å². The van der Waals surface area contributed by atoms with E-state index in [2.05, 4.69) is 5.32 Å². The molecule has 0 aliphatic rings. The molecule has 0 heterocycles. The SMILES string of the molecule is NCCNC(=O)c1cc(Cl)cc(Cl)c1. The van der Waals surface area contributed by atoms with Gasteiger partial charge in [-0.3, -0.25) is 4.79 Å². The highest BCUT2D eigenvalue weighted by Gasteiger charge is 2.06. The van der Waals surface area contributed by atoms with Crippen LogP contribution in [-0.4, -0.2) is 19.0 Å². The highest BCUT2D eigenvalue weighted by atomic mass is 35.5. The van der Waals surface area contributed by atoms with Crippen LogP contribution in [0.4, 0.5) is 0 Å². The van der Waals surface area contributed by atoms with Crippen LogP contribution in [0.2, 0.25) is 10.0 Å². The van der Waals surface area contributed by atoms with E-state index in [1.807, 2.05) is 0 Å². The van der Waals surface area contributed by atoms with Crippen molar-refractivity contribution in [1.29, 1.82) is 0 Å². The van der Waals surface area contributed by atoms with Crippen LogP contribution in [0.25, 0.3) is 0 Å². The Labute approximate surface area is 92.2 Å². The minimum absolute atomic E-state index is 0.222. The first-order chi connectivity index (χ1) is 6.63. The normalized spacial score (nSPS) is 9.93. The number of carbonyl (C=O) groups excluding carboxylic acids is 1. The predicted octanol–water partition coefficient (Wildman–Crippen LogP) is 1.68. The monoisotopic (exact) mass is 232 g/mol. The highest BCUT2D eigenvalue weighted by Crippen LogP contribution is 2.18. The van der Waals surface area contributed by atoms with Gasteiger partial charge in [0, 0.05) is 28.7 Å². The summed E-state index contributed by atoms with van der Waals surface area (Å²) in [6.07, 6.45) is 0. The smallest absolute Gasteiger partial charge is 0.251 e. The molecular weight excluding hydrogens is 223 g/mol. The number of hydrogen-bond donors (Lipinski definition) is 2. The number of halogens is 2. The van der Waals surface area contributed by atoms with Gasteiger partial charge in [-0.05, 0) is 18.2 Å². The summed E-state index contributed by atoms with van der Waals surface area (Å²) in [6.45, 7) is 0.836. The Morgan fingerprint density at radius 2 is 1.86 bits per heavy atom. The second-order valence-electron chi connectivity index (χ2n) is 2.70. The molecule has 0 saturated heterocycles. The Morgan fingerprint density at radius 1 is 1.29 bits per heavy atom. The number of nitrogens with two attached hydrogens (primary N) is 1. The van der Waals surface area contributed by atoms with E-state index in [0.717, 1.165) is 0 Å². The van der Waals surface area contributed by atoms with Crippen molar-refractivity contribution in [2.75, 3.05) is 13.1 Å². The summed E-state index contributed by atoms with van der Waals surface area (Å²) in [5.74, 6) is -0.222. The lowest BCUT2D eigenvalue weighted by Gasteiger charge is -2.04. The van der Waals surface area contributed by atoms with Gasteiger partial charge in [-0.25, -0.2) is 0 Å². The fourth-order valence-electron chi connectivity index (χ4n) is 0.973. The largest absolute Gasteiger partial charge is 0.351 e. The van der Waals surface area contributed by atoms with Gasteiger partial charge in [0.2, 0.25) is 0 Å². The molecule has 3 nitrogen and oxygen atoms in total. The molecule has 0 aliphatic heterocycles. The third kappa shape index (κ3) is 3.18. The average Bonchev–Trinajstić information content (AvgIpc) is 2.12. The Hall–Kier alpha value is -0.770. The molecule has 0 fully saturated rings. The third-order valence-electron chi connectivity index (χ3n) is 1.55. The fraction of sp³-hybridized carbons (Fsp3) is 0.222. The summed E-state index contributed by atoms with van der Waals surface area (Å²) in [5.41, 5.74) is 5.69. The summed E-state index contributed by atoms with van der Waals surface area (Å²) in [6, 6.07) is 4.68. The molecule has 5 heteroatoms. The molecule has 0 atom stereocenters. The lowest BCUT2D eigenvalue weighted by Crippen LogP contribution is -2.28. The van der Waals surface area contributed by atoms with Gasteiger partial charge in [-0.15, -0.1) is 0 Å². The zero-order valence-electron chi connectivity index (χ0n) is 7.39. The molecule has 0 radical (unpaired) electrons. The average molecular weight is 233 g/mol. The maximum atomic E-state index is 11.4. The van der Waals surface area contributed by atoms with Gasteiger partial charge in [-0.1, -0.05) is 23.2 Å². The number of benzene rings is 1. The van der Waals surface area contributed by atoms with E-state index < -0.39 is 0 Å². The van der Waals surface area contributed by atoms with Crippen molar-refractivity contribution in [3.63, 3.8) is 0 Å². The molecule has 0 saturated carbocycles. The van der Waals surface area contributed by atoms with Gasteiger partial charge >= 0.3 is 0 Å². The van der Waals surface area contributed by atoms with E-state index in [-0.39, 0.29) is 5.91 Å². The first-order valence-corrected chi connectivity index (χ1v) is 4.83. The lowest BCUT2D eigenvalue weighted by atomic mass is 10.2. The maximum Gasteiger partial charge on any atom is 0.251 e. The summed E-state index contributed by atoms with van der Waals surface area (Å²) in [4.78, 5) is 11.4. The minimum Gasteiger partial charge on any atom is -0.351 e. The quantitative estimate of drug-likeness (QED) is 0.834. The Bertz CT molecular complexity index is 321. The molecule has 0 unspecified atom stereocenters. The Morgan fingerprint density at radius 3 is 2.36 bits per heavy atom. The summed E-state index contributed by atoms with van der Waals surface area (Å²) in [5, 5.41) is 3.50. The van der Waals surface area contributed by atoms with E-state index in [1.54, 1.807) is 18.2 Å². The number of rotatable bonds is 3. The topological polar surface area (TPSA) is 55.1 Å². The van der Waals surface area contributed by atoms with Crippen LogP contribution >= 0.6 is 23.2 Å². The van der Waals surface area contributed by atoms with Crippen LogP contribution in [-0.2, 0) is 0 Å². The van der Waals surface area contributed by atoms with Crippen molar-refractivity contribution in [2.24, 2.45) is 5.73 Å². The molecule has 0 spiro atoms. The molecule has 1 rings (SSSR count). The van der Waals surface area contributed by atoms with Crippen LogP contribution in [0.1, 0.15) is 10.4 Å². The van der Waals surface area contributed by atoms with Crippen molar-refractivity contribution in [1.82, 2.24) is 5.32 Å². The minimum atomic E-state index is -0.222. The van der Waals surface area contributed by atoms with Crippen LogP contribution in [0.3, 0.4) is 0 Å². The lowest BCUT2D eigenvalue weighted by molar-refractivity contribution is 0.0955. The van der Waals surface area contributed by atoms with E-state index in [9.17, 15) is 4.79 Å². The van der Waals surface area contributed by atoms with Gasteiger partial charge in [0.15, 0.2) is 0 Å². The zero-order valence-corrected chi connectivity index (χ0v) is 8.90. The number of hydrogen-bond acceptors (Lipinski definition) is 2. The Kier molecular flexibility index (Phi) is 4.20. The van der Waals surface area contributed by atoms with Gasteiger partial charge in [0.25, 0.3) is 5.91 Å². The van der Waals surface area contributed by atoms with Crippen molar-refractivity contribution in [3.05, 3.63) is 33.8 Å². The van der Waals surface area contributed by atoms with Crippen LogP contribution in [0, 0.1) is 0 Å². The number of carbonyl (C=O) groups is 1. The first kappa shape index (κ1) is 11.3. The second-order valence-corrected chi connectivity index (χ2v) is 3.58. The predicted molar refractivity (Wildman–Crippen MR) is 57.8 cm³/mol. The van der Waals surface area contributed by atoms with Gasteiger partial charge < -0.3 is 11.1 Å². The first-order valence-electron chi connectivity index (χ1n) is 4.08. The number of nitrogens with one attached hydrogen (secondary N) is 1. The van der Waals surface area contributed by atoms with E-state index in [0.29, 0.717) is 28.7 Å². The van der Waals surface area contributed by atoms with E-state index in [1.165, 1.54) is 0 Å². The van der Waals surface area contributed by atoms with Crippen LogP contribution in [0.15, 0.2) is 18.2 Å². The standard InChI is InChI=1S/C9H10Cl2N2O/c10-7-3-6(4-8(11)5-7)9(14)13-2-1-12/h3-5H,1-2,12H2,(H,13,14). The molecule has 1 aromatic carbocycles. The fourth-order valence-corrected chi connectivity index (χ4v) is 1.50. The molecule has 1 aromatic rings. The maximum absolute atomic E-state index is 11.4. The highest BCUT2D eigenvalue weighted by molar-refractivity contribution is 6.35. The van der Waals surface area contributed by atoms with E-state index in [4.69, 9.17) is 28.9 Å². The van der Waals surface area contributed by atoms with Crippen LogP contribution in [0.5, 0.6) is 0 Å². The summed E-state index contributed by atoms with van der Waals surface area (Å²) >= 11 is 11.5.